The summed E-state index contributed by atoms with van der Waals surface area (Å²) in [7, 11) is 0. The molecule has 0 bridgehead atoms. The Morgan fingerprint density at radius 3 is 0.889 bits per heavy atom. The van der Waals surface area contributed by atoms with Gasteiger partial charge in [0, 0.05) is 0 Å². The monoisotopic (exact) mass is 619 g/mol. The summed E-state index contributed by atoms with van der Waals surface area (Å²) in [5, 5.41) is 30.4. The van der Waals surface area contributed by atoms with E-state index in [1.807, 2.05) is 36.4 Å². The summed E-state index contributed by atoms with van der Waals surface area (Å²) in [5.74, 6) is 1.31. The van der Waals surface area contributed by atoms with E-state index in [0.29, 0.717) is 17.2 Å². The van der Waals surface area contributed by atoms with Crippen molar-refractivity contribution in [1.29, 1.82) is 0 Å². The maximum atomic E-state index is 10.7. The van der Waals surface area contributed by atoms with Crippen LogP contribution in [0.1, 0.15) is 158 Å². The summed E-state index contributed by atoms with van der Waals surface area (Å²) in [5.41, 5.74) is 6.44. The van der Waals surface area contributed by atoms with Gasteiger partial charge in [-0.05, 0) is 71.9 Å². The lowest BCUT2D eigenvalue weighted by atomic mass is 9.75. The Bertz CT molecular complexity index is 1330. The molecule has 0 unspecified atom stereocenters. The van der Waals surface area contributed by atoms with Crippen molar-refractivity contribution in [3.05, 3.63) is 88.0 Å². The fourth-order valence-electron chi connectivity index (χ4n) is 5.07. The number of benzene rings is 3. The van der Waals surface area contributed by atoms with Crippen LogP contribution in [0.3, 0.4) is 0 Å². The lowest BCUT2D eigenvalue weighted by molar-refractivity contribution is 0.420. The zero-order chi connectivity index (χ0) is 35.6. The summed E-state index contributed by atoms with van der Waals surface area (Å²) in [6, 6.07) is 17.8. The Morgan fingerprint density at radius 1 is 0.333 bits per heavy atom. The summed E-state index contributed by atoms with van der Waals surface area (Å²) in [6.07, 6.45) is 0. The third kappa shape index (κ3) is 11.4. The average molecular weight is 619 g/mol. The van der Waals surface area contributed by atoms with Gasteiger partial charge in [0.05, 0.1) is 0 Å². The summed E-state index contributed by atoms with van der Waals surface area (Å²) in [4.78, 5) is 0. The number of aromatic hydroxyl groups is 3. The van der Waals surface area contributed by atoms with E-state index in [-0.39, 0.29) is 32.5 Å². The van der Waals surface area contributed by atoms with E-state index < -0.39 is 0 Å². The van der Waals surface area contributed by atoms with Crippen LogP contribution in [0.2, 0.25) is 0 Å². The number of para-hydroxylation sites is 2. The van der Waals surface area contributed by atoms with Crippen molar-refractivity contribution in [1.82, 2.24) is 0 Å². The van der Waals surface area contributed by atoms with Crippen LogP contribution in [0, 0.1) is 0 Å². The molecule has 0 aliphatic rings. The minimum absolute atomic E-state index is 0.00859. The number of phenolic OH excluding ortho intramolecular Hbond substituents is 3. The van der Waals surface area contributed by atoms with Crippen molar-refractivity contribution < 1.29 is 15.3 Å². The predicted molar refractivity (Wildman–Crippen MR) is 197 cm³/mol. The summed E-state index contributed by atoms with van der Waals surface area (Å²) in [6.45, 7) is 38.6. The van der Waals surface area contributed by atoms with Gasteiger partial charge in [-0.15, -0.1) is 0 Å². The van der Waals surface area contributed by atoms with Crippen LogP contribution in [-0.4, -0.2) is 15.3 Å². The van der Waals surface area contributed by atoms with E-state index in [0.717, 1.165) is 27.8 Å². The molecule has 0 saturated heterocycles. The maximum Gasteiger partial charge on any atom is 0.123 e. The van der Waals surface area contributed by atoms with Crippen molar-refractivity contribution >= 4 is 0 Å². The Labute approximate surface area is 277 Å². The topological polar surface area (TPSA) is 60.7 Å². The Hall–Kier alpha value is -2.94. The van der Waals surface area contributed by atoms with E-state index in [1.165, 1.54) is 5.56 Å². The smallest absolute Gasteiger partial charge is 0.123 e. The molecule has 0 heterocycles. The quantitative estimate of drug-likeness (QED) is 0.235. The first-order valence-corrected chi connectivity index (χ1v) is 16.4. The van der Waals surface area contributed by atoms with Crippen molar-refractivity contribution in [3.63, 3.8) is 0 Å². The van der Waals surface area contributed by atoms with E-state index in [9.17, 15) is 15.3 Å². The SMILES string of the molecule is CC(C)(C)c1cc(C(C)(C)C)c(O)c(C(C)(C)C)c1.CC(C)(C)c1cccc(C(C)(C)C)c1O.CC(C)(C)c1ccccc1O. The molecular formula is C42H66O3. The van der Waals surface area contributed by atoms with Crippen LogP contribution in [-0.2, 0) is 32.5 Å². The van der Waals surface area contributed by atoms with E-state index in [1.54, 1.807) is 6.07 Å². The molecule has 0 aliphatic carbocycles. The second-order valence-corrected chi connectivity index (χ2v) is 18.6. The molecule has 0 saturated carbocycles. The minimum atomic E-state index is -0.0503. The van der Waals surface area contributed by atoms with Crippen LogP contribution in [0.4, 0.5) is 0 Å². The highest BCUT2D eigenvalue weighted by atomic mass is 16.3. The summed E-state index contributed by atoms with van der Waals surface area (Å²) >= 11 is 0. The second-order valence-electron chi connectivity index (χ2n) is 18.6. The molecule has 3 aromatic carbocycles. The molecule has 45 heavy (non-hydrogen) atoms. The molecule has 3 N–H and O–H groups in total. The first-order valence-electron chi connectivity index (χ1n) is 16.4. The second kappa shape index (κ2) is 13.8. The molecule has 252 valence electrons. The van der Waals surface area contributed by atoms with Crippen LogP contribution in [0.15, 0.2) is 54.6 Å². The van der Waals surface area contributed by atoms with Crippen LogP contribution >= 0.6 is 0 Å². The normalized spacial score (nSPS) is 12.9. The fourth-order valence-corrected chi connectivity index (χ4v) is 5.07. The first-order chi connectivity index (χ1) is 19.9. The Balaban J connectivity index is 0.000000350. The molecule has 3 heteroatoms. The number of phenols is 3. The Morgan fingerprint density at radius 2 is 0.622 bits per heavy atom. The van der Waals surface area contributed by atoms with Gasteiger partial charge in [-0.3, -0.25) is 0 Å². The lowest BCUT2D eigenvalue weighted by Gasteiger charge is -2.31. The van der Waals surface area contributed by atoms with Gasteiger partial charge < -0.3 is 15.3 Å². The fraction of sp³-hybridized carbons (Fsp3) is 0.571. The molecular weight excluding hydrogens is 552 g/mol. The van der Waals surface area contributed by atoms with E-state index in [4.69, 9.17) is 0 Å². The zero-order valence-electron chi connectivity index (χ0n) is 32.0. The van der Waals surface area contributed by atoms with Gasteiger partial charge in [0.2, 0.25) is 0 Å². The molecule has 0 amide bonds. The van der Waals surface area contributed by atoms with Crippen molar-refractivity contribution in [2.45, 2.75) is 157 Å². The minimum Gasteiger partial charge on any atom is -0.508 e. The number of rotatable bonds is 0. The molecule has 3 aromatic rings. The van der Waals surface area contributed by atoms with Crippen LogP contribution < -0.4 is 0 Å². The number of hydrogen-bond acceptors (Lipinski definition) is 3. The lowest BCUT2D eigenvalue weighted by Crippen LogP contribution is -2.21. The predicted octanol–water partition coefficient (Wildman–Crippen LogP) is 12.0. The van der Waals surface area contributed by atoms with Crippen molar-refractivity contribution in [3.8, 4) is 17.2 Å². The van der Waals surface area contributed by atoms with Gasteiger partial charge in [-0.25, -0.2) is 0 Å². The van der Waals surface area contributed by atoms with Crippen molar-refractivity contribution in [2.24, 2.45) is 0 Å². The highest BCUT2D eigenvalue weighted by Gasteiger charge is 2.29. The molecule has 0 atom stereocenters. The maximum absolute atomic E-state index is 10.7. The van der Waals surface area contributed by atoms with Crippen LogP contribution in [0.5, 0.6) is 17.2 Å². The number of hydrogen-bond donors (Lipinski definition) is 3. The van der Waals surface area contributed by atoms with Gasteiger partial charge in [0.25, 0.3) is 0 Å². The molecule has 3 rings (SSSR count). The molecule has 0 aliphatic heterocycles. The first kappa shape index (κ1) is 40.1. The van der Waals surface area contributed by atoms with E-state index >= 15 is 0 Å². The van der Waals surface area contributed by atoms with Crippen molar-refractivity contribution in [2.75, 3.05) is 0 Å². The third-order valence-corrected chi connectivity index (χ3v) is 7.96. The third-order valence-electron chi connectivity index (χ3n) is 7.96. The average Bonchev–Trinajstić information content (AvgIpc) is 2.81. The highest BCUT2D eigenvalue weighted by molar-refractivity contribution is 5.51. The van der Waals surface area contributed by atoms with Gasteiger partial charge in [0.15, 0.2) is 0 Å². The van der Waals surface area contributed by atoms with E-state index in [2.05, 4.69) is 137 Å². The molecule has 0 spiro atoms. The van der Waals surface area contributed by atoms with Crippen LogP contribution in [0.25, 0.3) is 0 Å². The largest absolute Gasteiger partial charge is 0.508 e. The molecule has 3 nitrogen and oxygen atoms in total. The molecule has 0 aromatic heterocycles. The van der Waals surface area contributed by atoms with Gasteiger partial charge in [-0.2, -0.15) is 0 Å². The van der Waals surface area contributed by atoms with Gasteiger partial charge in [-0.1, -0.05) is 173 Å². The zero-order valence-corrected chi connectivity index (χ0v) is 32.0. The van der Waals surface area contributed by atoms with Gasteiger partial charge in [0.1, 0.15) is 17.2 Å². The van der Waals surface area contributed by atoms with Gasteiger partial charge >= 0.3 is 0 Å². The highest BCUT2D eigenvalue weighted by Crippen LogP contribution is 2.42. The standard InChI is InChI=1S/C18H30O.C14H22O.C10H14O/c1-16(2,3)12-10-13(17(4,5)6)15(19)14(11-12)18(7,8)9;1-13(2,3)10-8-7-9-11(12(10)15)14(4,5)6;1-10(2,3)8-6-4-5-7-9(8)11/h10-11,19H,1-9H3;7-9,15H,1-6H3;4-7,11H,1-3H3. The summed E-state index contributed by atoms with van der Waals surface area (Å²) < 4.78 is 0. The molecule has 0 fully saturated rings. The Kier molecular flexibility index (Phi) is 12.3. The molecule has 0 radical (unpaired) electrons.